The number of rotatable bonds is 5. The summed E-state index contributed by atoms with van der Waals surface area (Å²) in [6, 6.07) is 16.3. The second-order valence-electron chi connectivity index (χ2n) is 5.83. The van der Waals surface area contributed by atoms with E-state index >= 15 is 0 Å². The quantitative estimate of drug-likeness (QED) is 0.726. The molecule has 132 valence electrons. The minimum absolute atomic E-state index is 0.205. The van der Waals surface area contributed by atoms with Gasteiger partial charge in [0, 0.05) is 22.6 Å². The summed E-state index contributed by atoms with van der Waals surface area (Å²) < 4.78 is 5.25. The molecule has 1 amide bonds. The van der Waals surface area contributed by atoms with Gasteiger partial charge in [0.1, 0.15) is 5.75 Å². The lowest BCUT2D eigenvalue weighted by molar-refractivity contribution is 0.102. The fraction of sp³-hybridized carbons (Fsp3) is 0.150. The van der Waals surface area contributed by atoms with Crippen LogP contribution in [0.4, 0.5) is 17.3 Å². The van der Waals surface area contributed by atoms with Crippen LogP contribution in [0.2, 0.25) is 0 Å². The Labute approximate surface area is 152 Å². The van der Waals surface area contributed by atoms with E-state index in [1.54, 1.807) is 31.4 Å². The standard InChI is InChI=1S/C20H20N4O2/c1-13-12-14(2)22-20(21-13)23-16-10-8-15(9-11-16)19(25)24-17-6-4-5-7-18(17)26-3/h4-12H,1-3H3,(H,24,25)(H,21,22,23). The summed E-state index contributed by atoms with van der Waals surface area (Å²) in [6.07, 6.45) is 0. The zero-order valence-electron chi connectivity index (χ0n) is 14.9. The van der Waals surface area contributed by atoms with Gasteiger partial charge in [-0.3, -0.25) is 4.79 Å². The van der Waals surface area contributed by atoms with Crippen LogP contribution in [0.1, 0.15) is 21.7 Å². The van der Waals surface area contributed by atoms with Gasteiger partial charge in [0.05, 0.1) is 12.8 Å². The summed E-state index contributed by atoms with van der Waals surface area (Å²) in [5.74, 6) is 0.948. The monoisotopic (exact) mass is 348 g/mol. The van der Waals surface area contributed by atoms with Crippen LogP contribution in [0.3, 0.4) is 0 Å². The van der Waals surface area contributed by atoms with E-state index in [-0.39, 0.29) is 5.91 Å². The average molecular weight is 348 g/mol. The molecule has 2 N–H and O–H groups in total. The third kappa shape index (κ3) is 4.16. The minimum atomic E-state index is -0.205. The Morgan fingerprint density at radius 3 is 2.27 bits per heavy atom. The number of nitrogens with one attached hydrogen (secondary N) is 2. The molecule has 0 saturated heterocycles. The van der Waals surface area contributed by atoms with E-state index in [4.69, 9.17) is 4.74 Å². The smallest absolute Gasteiger partial charge is 0.255 e. The average Bonchev–Trinajstić information content (AvgIpc) is 2.62. The van der Waals surface area contributed by atoms with Crippen molar-refractivity contribution in [2.75, 3.05) is 17.7 Å². The second kappa shape index (κ2) is 7.65. The highest BCUT2D eigenvalue weighted by molar-refractivity contribution is 6.05. The molecule has 0 bridgehead atoms. The van der Waals surface area contributed by atoms with Gasteiger partial charge in [-0.15, -0.1) is 0 Å². The van der Waals surface area contributed by atoms with Gasteiger partial charge in [0.25, 0.3) is 5.91 Å². The number of hydrogen-bond donors (Lipinski definition) is 2. The highest BCUT2D eigenvalue weighted by atomic mass is 16.5. The Balaban J connectivity index is 1.71. The zero-order valence-corrected chi connectivity index (χ0v) is 14.9. The fourth-order valence-electron chi connectivity index (χ4n) is 2.56. The molecule has 0 unspecified atom stereocenters. The SMILES string of the molecule is COc1ccccc1NC(=O)c1ccc(Nc2nc(C)cc(C)n2)cc1. The molecule has 1 heterocycles. The van der Waals surface area contributed by atoms with Gasteiger partial charge < -0.3 is 15.4 Å². The minimum Gasteiger partial charge on any atom is -0.495 e. The molecular weight excluding hydrogens is 328 g/mol. The molecule has 0 atom stereocenters. The van der Waals surface area contributed by atoms with Crippen LogP contribution in [-0.4, -0.2) is 23.0 Å². The Kier molecular flexibility index (Phi) is 5.12. The van der Waals surface area contributed by atoms with E-state index < -0.39 is 0 Å². The topological polar surface area (TPSA) is 76.1 Å². The molecule has 6 nitrogen and oxygen atoms in total. The van der Waals surface area contributed by atoms with E-state index in [1.165, 1.54) is 0 Å². The summed E-state index contributed by atoms with van der Waals surface area (Å²) >= 11 is 0. The Hall–Kier alpha value is -3.41. The summed E-state index contributed by atoms with van der Waals surface area (Å²) in [7, 11) is 1.57. The summed E-state index contributed by atoms with van der Waals surface area (Å²) in [5.41, 5.74) is 3.78. The molecule has 6 heteroatoms. The van der Waals surface area contributed by atoms with Crippen LogP contribution in [0.5, 0.6) is 5.75 Å². The van der Waals surface area contributed by atoms with Gasteiger partial charge in [-0.2, -0.15) is 0 Å². The summed E-state index contributed by atoms with van der Waals surface area (Å²) in [4.78, 5) is 21.1. The van der Waals surface area contributed by atoms with Crippen molar-refractivity contribution in [1.29, 1.82) is 0 Å². The van der Waals surface area contributed by atoms with Crippen molar-refractivity contribution in [3.8, 4) is 5.75 Å². The number of methoxy groups -OCH3 is 1. The predicted molar refractivity (Wildman–Crippen MR) is 102 cm³/mol. The molecule has 0 aliphatic heterocycles. The molecule has 0 spiro atoms. The lowest BCUT2D eigenvalue weighted by Crippen LogP contribution is -2.12. The van der Waals surface area contributed by atoms with E-state index in [9.17, 15) is 4.79 Å². The van der Waals surface area contributed by atoms with Crippen molar-refractivity contribution in [1.82, 2.24) is 9.97 Å². The number of benzene rings is 2. The van der Waals surface area contributed by atoms with Gasteiger partial charge in [0.2, 0.25) is 5.95 Å². The number of nitrogens with zero attached hydrogens (tertiary/aromatic N) is 2. The number of aryl methyl sites for hydroxylation is 2. The largest absolute Gasteiger partial charge is 0.495 e. The number of carbonyl (C=O) groups is 1. The molecule has 3 aromatic rings. The number of aromatic nitrogens is 2. The van der Waals surface area contributed by atoms with Gasteiger partial charge in [-0.1, -0.05) is 12.1 Å². The van der Waals surface area contributed by atoms with Crippen molar-refractivity contribution in [2.24, 2.45) is 0 Å². The van der Waals surface area contributed by atoms with Crippen LogP contribution in [0.25, 0.3) is 0 Å². The first-order valence-corrected chi connectivity index (χ1v) is 8.19. The number of hydrogen-bond acceptors (Lipinski definition) is 5. The van der Waals surface area contributed by atoms with E-state index in [0.717, 1.165) is 17.1 Å². The van der Waals surface area contributed by atoms with Crippen LogP contribution in [0, 0.1) is 13.8 Å². The van der Waals surface area contributed by atoms with Crippen LogP contribution in [-0.2, 0) is 0 Å². The third-order valence-electron chi connectivity index (χ3n) is 3.74. The van der Waals surface area contributed by atoms with Gasteiger partial charge in [-0.25, -0.2) is 9.97 Å². The number of ether oxygens (including phenoxy) is 1. The maximum atomic E-state index is 12.4. The molecule has 0 radical (unpaired) electrons. The lowest BCUT2D eigenvalue weighted by Gasteiger charge is -2.10. The van der Waals surface area contributed by atoms with Crippen molar-refractivity contribution < 1.29 is 9.53 Å². The molecule has 2 aromatic carbocycles. The number of para-hydroxylation sites is 2. The summed E-state index contributed by atoms with van der Waals surface area (Å²) in [5, 5.41) is 6.00. The molecule has 0 fully saturated rings. The third-order valence-corrected chi connectivity index (χ3v) is 3.74. The van der Waals surface area contributed by atoms with Gasteiger partial charge in [-0.05, 0) is 56.3 Å². The first kappa shape index (κ1) is 17.4. The first-order valence-electron chi connectivity index (χ1n) is 8.19. The Bertz CT molecular complexity index is 903. The van der Waals surface area contributed by atoms with E-state index in [2.05, 4.69) is 20.6 Å². The molecule has 3 rings (SSSR count). The van der Waals surface area contributed by atoms with Crippen molar-refractivity contribution in [3.05, 3.63) is 71.5 Å². The molecule has 0 saturated carbocycles. The normalized spacial score (nSPS) is 10.3. The molecule has 0 aliphatic carbocycles. The Morgan fingerprint density at radius 1 is 0.962 bits per heavy atom. The van der Waals surface area contributed by atoms with Gasteiger partial charge >= 0.3 is 0 Å². The first-order chi connectivity index (χ1) is 12.5. The van der Waals surface area contributed by atoms with Gasteiger partial charge in [0.15, 0.2) is 0 Å². The second-order valence-corrected chi connectivity index (χ2v) is 5.83. The maximum absolute atomic E-state index is 12.4. The molecule has 26 heavy (non-hydrogen) atoms. The molecule has 0 aliphatic rings. The maximum Gasteiger partial charge on any atom is 0.255 e. The number of amides is 1. The highest BCUT2D eigenvalue weighted by Crippen LogP contribution is 2.24. The lowest BCUT2D eigenvalue weighted by atomic mass is 10.2. The fourth-order valence-corrected chi connectivity index (χ4v) is 2.56. The number of carbonyl (C=O) groups excluding carboxylic acids is 1. The Morgan fingerprint density at radius 2 is 1.62 bits per heavy atom. The number of anilines is 3. The van der Waals surface area contributed by atoms with E-state index in [1.807, 2.05) is 44.2 Å². The molecular formula is C20H20N4O2. The highest BCUT2D eigenvalue weighted by Gasteiger charge is 2.09. The van der Waals surface area contributed by atoms with Crippen molar-refractivity contribution in [2.45, 2.75) is 13.8 Å². The predicted octanol–water partition coefficient (Wildman–Crippen LogP) is 4.10. The zero-order chi connectivity index (χ0) is 18.5. The van der Waals surface area contributed by atoms with Crippen LogP contribution < -0.4 is 15.4 Å². The van der Waals surface area contributed by atoms with Crippen LogP contribution >= 0.6 is 0 Å². The summed E-state index contributed by atoms with van der Waals surface area (Å²) in [6.45, 7) is 3.84. The van der Waals surface area contributed by atoms with Crippen LogP contribution in [0.15, 0.2) is 54.6 Å². The van der Waals surface area contributed by atoms with Crippen molar-refractivity contribution >= 4 is 23.2 Å². The van der Waals surface area contributed by atoms with Crippen molar-refractivity contribution in [3.63, 3.8) is 0 Å². The van der Waals surface area contributed by atoms with E-state index in [0.29, 0.717) is 22.9 Å². The molecule has 1 aromatic heterocycles.